The SMILES string of the molecule is CC1(C)OB(B2OC(C)(C)C(C)(C)O2)OC1(C)C.Cc1cn[nH]c1-c1cc(F)cc(B2OC(C)(C)C(C)(C)O2)c1.Cc1cn[nH]c1-c1cc(F)cc(Br)c1. The molecule has 2 aromatic carbocycles. The molecule has 290 valence electrons. The number of H-pyrrole nitrogens is 2. The van der Waals surface area contributed by atoms with Crippen LogP contribution in [0.4, 0.5) is 8.78 Å². The molecule has 0 spiro atoms. The summed E-state index contributed by atoms with van der Waals surface area (Å²) in [5.74, 6) is -0.584. The van der Waals surface area contributed by atoms with E-state index in [9.17, 15) is 8.78 Å². The molecule has 16 heteroatoms. The molecule has 54 heavy (non-hydrogen) atoms. The summed E-state index contributed by atoms with van der Waals surface area (Å²) in [6.45, 7) is 28.0. The van der Waals surface area contributed by atoms with Gasteiger partial charge in [0, 0.05) is 15.6 Å². The highest BCUT2D eigenvalue weighted by Crippen LogP contribution is 2.43. The molecule has 0 saturated carbocycles. The molecule has 3 aliphatic rings. The summed E-state index contributed by atoms with van der Waals surface area (Å²) in [7, 11) is -1.53. The fourth-order valence-electron chi connectivity index (χ4n) is 5.85. The quantitative estimate of drug-likeness (QED) is 0.198. The normalized spacial score (nSPS) is 21.4. The Bertz CT molecular complexity index is 1870. The predicted octanol–water partition coefficient (Wildman–Crippen LogP) is 8.36. The van der Waals surface area contributed by atoms with Gasteiger partial charge in [0.05, 0.1) is 57.4 Å². The third-order valence-corrected chi connectivity index (χ3v) is 11.8. The molecule has 2 N–H and O–H groups in total. The van der Waals surface area contributed by atoms with Gasteiger partial charge in [-0.1, -0.05) is 22.0 Å². The molecule has 4 aromatic rings. The summed E-state index contributed by atoms with van der Waals surface area (Å²) in [4.78, 5) is 0. The number of halogens is 3. The van der Waals surface area contributed by atoms with Crippen LogP contribution in [0.25, 0.3) is 22.5 Å². The van der Waals surface area contributed by atoms with Gasteiger partial charge in [0.1, 0.15) is 11.6 Å². The lowest BCUT2D eigenvalue weighted by Gasteiger charge is -2.32. The highest BCUT2D eigenvalue weighted by atomic mass is 79.9. The third kappa shape index (κ3) is 8.75. The Morgan fingerprint density at radius 2 is 0.870 bits per heavy atom. The molecule has 5 heterocycles. The zero-order valence-corrected chi connectivity index (χ0v) is 35.4. The first kappa shape index (κ1) is 42.3. The highest BCUT2D eigenvalue weighted by Gasteiger charge is 2.63. The number of hydrogen-bond acceptors (Lipinski definition) is 8. The summed E-state index contributed by atoms with van der Waals surface area (Å²) < 4.78 is 63.7. The molecule has 0 unspecified atom stereocenters. The highest BCUT2D eigenvalue weighted by molar-refractivity contribution is 9.10. The summed E-state index contributed by atoms with van der Waals surface area (Å²) in [5.41, 5.74) is 3.48. The molecular formula is C38H52B3BrF2N4O6. The number of hydrogen-bond donors (Lipinski definition) is 2. The van der Waals surface area contributed by atoms with Gasteiger partial charge in [-0.15, -0.1) is 0 Å². The van der Waals surface area contributed by atoms with Crippen molar-refractivity contribution in [1.29, 1.82) is 0 Å². The van der Waals surface area contributed by atoms with Crippen molar-refractivity contribution in [2.45, 2.75) is 131 Å². The van der Waals surface area contributed by atoms with Gasteiger partial charge >= 0.3 is 21.1 Å². The predicted molar refractivity (Wildman–Crippen MR) is 213 cm³/mol. The van der Waals surface area contributed by atoms with Crippen molar-refractivity contribution in [3.63, 3.8) is 0 Å². The van der Waals surface area contributed by atoms with Gasteiger partial charge in [0.15, 0.2) is 0 Å². The van der Waals surface area contributed by atoms with Gasteiger partial charge in [-0.3, -0.25) is 10.2 Å². The van der Waals surface area contributed by atoms with E-state index in [1.807, 2.05) is 109 Å². The molecule has 3 aliphatic heterocycles. The van der Waals surface area contributed by atoms with Crippen molar-refractivity contribution in [1.82, 2.24) is 20.4 Å². The Kier molecular flexibility index (Phi) is 11.7. The van der Waals surface area contributed by atoms with Gasteiger partial charge in [0.2, 0.25) is 0 Å². The molecule has 2 aromatic heterocycles. The molecule has 0 bridgehead atoms. The van der Waals surface area contributed by atoms with Crippen LogP contribution in [0.3, 0.4) is 0 Å². The lowest BCUT2D eigenvalue weighted by molar-refractivity contribution is 0.00578. The fourth-order valence-corrected chi connectivity index (χ4v) is 6.31. The van der Waals surface area contributed by atoms with Crippen molar-refractivity contribution < 1.29 is 36.7 Å². The topological polar surface area (TPSA) is 113 Å². The van der Waals surface area contributed by atoms with E-state index < -0.39 is 32.3 Å². The molecule has 0 amide bonds. The minimum Gasteiger partial charge on any atom is -0.405 e. The second-order valence-electron chi connectivity index (χ2n) is 17.1. The number of aromatic amines is 2. The lowest BCUT2D eigenvalue weighted by atomic mass is 9.49. The second kappa shape index (κ2) is 14.9. The first-order valence-electron chi connectivity index (χ1n) is 18.1. The van der Waals surface area contributed by atoms with E-state index in [0.29, 0.717) is 5.46 Å². The first-order valence-corrected chi connectivity index (χ1v) is 18.9. The van der Waals surface area contributed by atoms with Crippen LogP contribution in [0.2, 0.25) is 0 Å². The van der Waals surface area contributed by atoms with E-state index in [-0.39, 0.29) is 34.0 Å². The summed E-state index contributed by atoms with van der Waals surface area (Å²) in [5, 5.41) is 13.6. The zero-order valence-electron chi connectivity index (χ0n) is 33.8. The van der Waals surface area contributed by atoms with Crippen molar-refractivity contribution in [3.8, 4) is 22.5 Å². The number of aryl methyl sites for hydroxylation is 2. The first-order chi connectivity index (χ1) is 24.7. The molecule has 10 nitrogen and oxygen atoms in total. The van der Waals surface area contributed by atoms with Crippen LogP contribution >= 0.6 is 15.9 Å². The average Bonchev–Trinajstić information content (AvgIpc) is 3.79. The number of nitrogens with zero attached hydrogens (tertiary/aromatic N) is 2. The number of aromatic nitrogens is 4. The van der Waals surface area contributed by atoms with Gasteiger partial charge < -0.3 is 27.9 Å². The second-order valence-corrected chi connectivity index (χ2v) is 18.0. The standard InChI is InChI=1S/C16H20BFN2O2.C12H24B2O4.C10H8BrFN2/c1-10-9-19-20-14(10)11-6-12(8-13(18)7-11)17-21-15(2,3)16(4,5)22-17;1-9(2)10(3,4)16-13(15-9)14-17-11(5,6)12(7,8)18-14;1-6-5-13-14-10(6)7-2-8(11)4-9(12)3-7/h6-9H,1-5H3,(H,19,20);1-8H3;2-5H,1H3,(H,13,14). The molecule has 3 saturated heterocycles. The van der Waals surface area contributed by atoms with Crippen LogP contribution in [-0.2, 0) is 27.9 Å². The Balaban J connectivity index is 0.000000160. The maximum atomic E-state index is 14.0. The minimum absolute atomic E-state index is 0.261. The van der Waals surface area contributed by atoms with Crippen LogP contribution in [0.15, 0.2) is 53.3 Å². The molecule has 7 rings (SSSR count). The van der Waals surface area contributed by atoms with Crippen molar-refractivity contribution in [2.75, 3.05) is 0 Å². The molecule has 3 fully saturated rings. The van der Waals surface area contributed by atoms with E-state index in [2.05, 4.69) is 36.3 Å². The lowest BCUT2D eigenvalue weighted by Crippen LogP contribution is -2.41. The average molecular weight is 811 g/mol. The molecular weight excluding hydrogens is 759 g/mol. The zero-order chi connectivity index (χ0) is 40.2. The van der Waals surface area contributed by atoms with Crippen LogP contribution < -0.4 is 5.46 Å². The van der Waals surface area contributed by atoms with Crippen molar-refractivity contribution in [2.24, 2.45) is 0 Å². The molecule has 0 aliphatic carbocycles. The van der Waals surface area contributed by atoms with Gasteiger partial charge in [0.25, 0.3) is 0 Å². The smallest absolute Gasteiger partial charge is 0.405 e. The fraction of sp³-hybridized carbons (Fsp3) is 0.526. The van der Waals surface area contributed by atoms with E-state index in [1.54, 1.807) is 12.4 Å². The molecule has 0 radical (unpaired) electrons. The Hall–Kier alpha value is -2.85. The number of benzene rings is 2. The van der Waals surface area contributed by atoms with E-state index >= 15 is 0 Å². The van der Waals surface area contributed by atoms with Gasteiger partial charge in [-0.2, -0.15) is 10.2 Å². The summed E-state index contributed by atoms with van der Waals surface area (Å²) >= 11 is 3.25. The number of nitrogens with one attached hydrogen (secondary N) is 2. The third-order valence-electron chi connectivity index (χ3n) is 11.3. The van der Waals surface area contributed by atoms with E-state index in [1.165, 1.54) is 24.3 Å². The van der Waals surface area contributed by atoms with Crippen LogP contribution in [0.5, 0.6) is 0 Å². The maximum absolute atomic E-state index is 14.0. The monoisotopic (exact) mass is 810 g/mol. The maximum Gasteiger partial charge on any atom is 0.494 e. The summed E-state index contributed by atoms with van der Waals surface area (Å²) in [6.07, 6.45) is 3.43. The van der Waals surface area contributed by atoms with Crippen LogP contribution in [0.1, 0.15) is 94.2 Å². The van der Waals surface area contributed by atoms with Crippen LogP contribution in [0, 0.1) is 25.5 Å². The Labute approximate surface area is 327 Å². The number of rotatable bonds is 4. The van der Waals surface area contributed by atoms with Crippen molar-refractivity contribution >= 4 is 42.5 Å². The van der Waals surface area contributed by atoms with Gasteiger partial charge in [-0.25, -0.2) is 8.78 Å². The minimum atomic E-state index is -0.581. The Morgan fingerprint density at radius 3 is 1.22 bits per heavy atom. The van der Waals surface area contributed by atoms with Crippen molar-refractivity contribution in [3.05, 3.63) is 76.0 Å². The van der Waals surface area contributed by atoms with E-state index in [4.69, 9.17) is 27.9 Å². The van der Waals surface area contributed by atoms with E-state index in [0.717, 1.165) is 38.1 Å². The van der Waals surface area contributed by atoms with Crippen LogP contribution in [-0.4, -0.2) is 75.1 Å². The largest absolute Gasteiger partial charge is 0.494 e. The molecule has 0 atom stereocenters. The Morgan fingerprint density at radius 1 is 0.519 bits per heavy atom. The summed E-state index contributed by atoms with van der Waals surface area (Å²) in [6, 6.07) is 9.57. The van der Waals surface area contributed by atoms with Gasteiger partial charge in [-0.05, 0) is 144 Å².